The lowest BCUT2D eigenvalue weighted by Crippen LogP contribution is -2.55. The molecule has 134 valence electrons. The van der Waals surface area contributed by atoms with Gasteiger partial charge in [0.2, 0.25) is 17.7 Å². The molecule has 0 unspecified atom stereocenters. The standard InChI is InChI=1S/C15H31N5O3/c1-9(2)8-12(20-14(22)10(3)17)15(23)19-11(13(18)21)6-4-5-7-16/h9-12H,4-8,16-17H2,1-3H3,(H2,18,21)(H,19,23)(H,20,22)/t10-,11-,12-/m0/s1. The first kappa shape index (κ1) is 21.3. The highest BCUT2D eigenvalue weighted by molar-refractivity contribution is 5.92. The van der Waals surface area contributed by atoms with Crippen LogP contribution < -0.4 is 27.8 Å². The third-order valence-electron chi connectivity index (χ3n) is 3.36. The first-order valence-corrected chi connectivity index (χ1v) is 8.04. The van der Waals surface area contributed by atoms with Gasteiger partial charge in [-0.2, -0.15) is 0 Å². The number of amides is 3. The minimum atomic E-state index is -0.768. The molecule has 0 rings (SSSR count). The van der Waals surface area contributed by atoms with Crippen molar-refractivity contribution in [2.45, 2.75) is 64.6 Å². The second-order valence-corrected chi connectivity index (χ2v) is 6.23. The summed E-state index contributed by atoms with van der Waals surface area (Å²) in [5, 5.41) is 5.23. The van der Waals surface area contributed by atoms with Crippen LogP contribution in [0.3, 0.4) is 0 Å². The summed E-state index contributed by atoms with van der Waals surface area (Å²) < 4.78 is 0. The topological polar surface area (TPSA) is 153 Å². The van der Waals surface area contributed by atoms with E-state index in [2.05, 4.69) is 10.6 Å². The van der Waals surface area contributed by atoms with Crippen LogP contribution in [0.2, 0.25) is 0 Å². The van der Waals surface area contributed by atoms with Gasteiger partial charge in [0, 0.05) is 0 Å². The Bertz CT molecular complexity index is 399. The summed E-state index contributed by atoms with van der Waals surface area (Å²) >= 11 is 0. The molecule has 0 radical (unpaired) electrons. The number of rotatable bonds is 11. The zero-order valence-corrected chi connectivity index (χ0v) is 14.3. The maximum Gasteiger partial charge on any atom is 0.243 e. The van der Waals surface area contributed by atoms with Gasteiger partial charge in [0.15, 0.2) is 0 Å². The Labute approximate surface area is 137 Å². The van der Waals surface area contributed by atoms with E-state index in [-0.39, 0.29) is 5.92 Å². The minimum Gasteiger partial charge on any atom is -0.368 e. The van der Waals surface area contributed by atoms with Crippen LogP contribution in [-0.4, -0.2) is 42.4 Å². The Morgan fingerprint density at radius 3 is 1.96 bits per heavy atom. The Kier molecular flexibility index (Phi) is 10.2. The number of nitrogens with two attached hydrogens (primary N) is 3. The molecule has 23 heavy (non-hydrogen) atoms. The maximum absolute atomic E-state index is 12.4. The van der Waals surface area contributed by atoms with Gasteiger partial charge in [0.25, 0.3) is 0 Å². The third-order valence-corrected chi connectivity index (χ3v) is 3.36. The van der Waals surface area contributed by atoms with Crippen molar-refractivity contribution in [3.63, 3.8) is 0 Å². The van der Waals surface area contributed by atoms with Gasteiger partial charge in [0.05, 0.1) is 6.04 Å². The molecule has 8 nitrogen and oxygen atoms in total. The lowest BCUT2D eigenvalue weighted by molar-refractivity contribution is -0.132. The van der Waals surface area contributed by atoms with Crippen molar-refractivity contribution < 1.29 is 14.4 Å². The second kappa shape index (κ2) is 11.0. The summed E-state index contributed by atoms with van der Waals surface area (Å²) in [5.74, 6) is -1.26. The molecule has 0 spiro atoms. The molecule has 0 aliphatic heterocycles. The zero-order chi connectivity index (χ0) is 18.0. The van der Waals surface area contributed by atoms with E-state index in [1.165, 1.54) is 0 Å². The molecule has 0 aromatic carbocycles. The highest BCUT2D eigenvalue weighted by Gasteiger charge is 2.26. The smallest absolute Gasteiger partial charge is 0.243 e. The lowest BCUT2D eigenvalue weighted by atomic mass is 10.0. The fraction of sp³-hybridized carbons (Fsp3) is 0.800. The highest BCUT2D eigenvalue weighted by atomic mass is 16.2. The van der Waals surface area contributed by atoms with Crippen LogP contribution >= 0.6 is 0 Å². The van der Waals surface area contributed by atoms with Crippen molar-refractivity contribution >= 4 is 17.7 Å². The number of carbonyl (C=O) groups excluding carboxylic acids is 3. The highest BCUT2D eigenvalue weighted by Crippen LogP contribution is 2.07. The van der Waals surface area contributed by atoms with Crippen molar-refractivity contribution in [2.24, 2.45) is 23.1 Å². The SMILES string of the molecule is CC(C)C[C@H](NC(=O)[C@H](C)N)C(=O)N[C@@H](CCCCN)C(N)=O. The van der Waals surface area contributed by atoms with E-state index >= 15 is 0 Å². The van der Waals surface area contributed by atoms with Crippen LogP contribution in [0.15, 0.2) is 0 Å². The summed E-state index contributed by atoms with van der Waals surface area (Å²) in [5.41, 5.74) is 16.3. The fourth-order valence-corrected chi connectivity index (χ4v) is 2.06. The van der Waals surface area contributed by atoms with Crippen LogP contribution in [0.4, 0.5) is 0 Å². The van der Waals surface area contributed by atoms with Gasteiger partial charge >= 0.3 is 0 Å². The van der Waals surface area contributed by atoms with Gasteiger partial charge in [-0.05, 0) is 45.1 Å². The second-order valence-electron chi connectivity index (χ2n) is 6.23. The van der Waals surface area contributed by atoms with E-state index in [0.29, 0.717) is 25.8 Å². The first-order chi connectivity index (χ1) is 10.7. The first-order valence-electron chi connectivity index (χ1n) is 8.04. The third kappa shape index (κ3) is 9.14. The molecule has 0 aliphatic rings. The molecule has 0 saturated carbocycles. The van der Waals surface area contributed by atoms with Gasteiger partial charge in [-0.15, -0.1) is 0 Å². The van der Waals surface area contributed by atoms with Crippen molar-refractivity contribution in [1.82, 2.24) is 10.6 Å². The molecule has 0 fully saturated rings. The lowest BCUT2D eigenvalue weighted by Gasteiger charge is -2.23. The Morgan fingerprint density at radius 1 is 0.957 bits per heavy atom. The molecule has 3 atom stereocenters. The molecule has 3 amide bonds. The monoisotopic (exact) mass is 329 g/mol. The van der Waals surface area contributed by atoms with Crippen LogP contribution in [-0.2, 0) is 14.4 Å². The number of primary amides is 1. The van der Waals surface area contributed by atoms with Gasteiger partial charge < -0.3 is 27.8 Å². The molecule has 8 N–H and O–H groups in total. The summed E-state index contributed by atoms with van der Waals surface area (Å²) in [6.45, 7) is 5.93. The number of unbranched alkanes of at least 4 members (excludes halogenated alkanes) is 1. The molecule has 0 aromatic rings. The predicted octanol–water partition coefficient (Wildman–Crippen LogP) is -1.04. The Hall–Kier alpha value is -1.67. The summed E-state index contributed by atoms with van der Waals surface area (Å²) in [6.07, 6.45) is 2.30. The Morgan fingerprint density at radius 2 is 1.52 bits per heavy atom. The fourth-order valence-electron chi connectivity index (χ4n) is 2.06. The van der Waals surface area contributed by atoms with E-state index in [0.717, 1.165) is 6.42 Å². The number of nitrogens with one attached hydrogen (secondary N) is 2. The van der Waals surface area contributed by atoms with Crippen LogP contribution in [0.5, 0.6) is 0 Å². The summed E-state index contributed by atoms with van der Waals surface area (Å²) in [6, 6.07) is -2.23. The molecular formula is C15H31N5O3. The molecule has 0 saturated heterocycles. The normalized spacial score (nSPS) is 14.9. The average molecular weight is 329 g/mol. The molecule has 8 heteroatoms. The number of hydrogen-bond donors (Lipinski definition) is 5. The van der Waals surface area contributed by atoms with Gasteiger partial charge in [-0.25, -0.2) is 0 Å². The van der Waals surface area contributed by atoms with E-state index < -0.39 is 35.8 Å². The summed E-state index contributed by atoms with van der Waals surface area (Å²) in [4.78, 5) is 35.6. The van der Waals surface area contributed by atoms with E-state index in [4.69, 9.17) is 17.2 Å². The van der Waals surface area contributed by atoms with Gasteiger partial charge in [0.1, 0.15) is 12.1 Å². The van der Waals surface area contributed by atoms with Gasteiger partial charge in [-0.1, -0.05) is 13.8 Å². The van der Waals surface area contributed by atoms with Crippen LogP contribution in [0, 0.1) is 5.92 Å². The number of hydrogen-bond acceptors (Lipinski definition) is 5. The summed E-state index contributed by atoms with van der Waals surface area (Å²) in [7, 11) is 0. The molecule has 0 heterocycles. The molecular weight excluding hydrogens is 298 g/mol. The van der Waals surface area contributed by atoms with Crippen LogP contribution in [0.1, 0.15) is 46.5 Å². The van der Waals surface area contributed by atoms with Crippen molar-refractivity contribution in [3.05, 3.63) is 0 Å². The van der Waals surface area contributed by atoms with Crippen LogP contribution in [0.25, 0.3) is 0 Å². The largest absolute Gasteiger partial charge is 0.368 e. The predicted molar refractivity (Wildman–Crippen MR) is 89.1 cm³/mol. The minimum absolute atomic E-state index is 0.184. The van der Waals surface area contributed by atoms with E-state index in [1.807, 2.05) is 13.8 Å². The van der Waals surface area contributed by atoms with Crippen molar-refractivity contribution in [3.8, 4) is 0 Å². The molecule has 0 bridgehead atoms. The van der Waals surface area contributed by atoms with Crippen molar-refractivity contribution in [2.75, 3.05) is 6.54 Å². The molecule has 0 aliphatic carbocycles. The number of carbonyl (C=O) groups is 3. The van der Waals surface area contributed by atoms with E-state index in [1.54, 1.807) is 6.92 Å². The van der Waals surface area contributed by atoms with E-state index in [9.17, 15) is 14.4 Å². The molecule has 0 aromatic heterocycles. The van der Waals surface area contributed by atoms with Gasteiger partial charge in [-0.3, -0.25) is 14.4 Å². The Balaban J connectivity index is 4.82. The quantitative estimate of drug-likeness (QED) is 0.306. The zero-order valence-electron chi connectivity index (χ0n) is 14.3. The average Bonchev–Trinajstić information content (AvgIpc) is 2.44. The maximum atomic E-state index is 12.4. The van der Waals surface area contributed by atoms with Crippen molar-refractivity contribution in [1.29, 1.82) is 0 Å².